The SMILES string of the molecule is COc1ccc(Br)c(C(C)=O)c1NC(C)=O. The summed E-state index contributed by atoms with van der Waals surface area (Å²) < 4.78 is 5.73. The lowest BCUT2D eigenvalue weighted by Gasteiger charge is -2.13. The van der Waals surface area contributed by atoms with E-state index < -0.39 is 0 Å². The molecule has 1 N–H and O–H groups in total. The van der Waals surface area contributed by atoms with Crippen LogP contribution in [0.4, 0.5) is 5.69 Å². The maximum absolute atomic E-state index is 11.5. The van der Waals surface area contributed by atoms with E-state index in [2.05, 4.69) is 21.2 Å². The van der Waals surface area contributed by atoms with Gasteiger partial charge in [-0.25, -0.2) is 0 Å². The highest BCUT2D eigenvalue weighted by molar-refractivity contribution is 9.10. The maximum atomic E-state index is 11.5. The molecule has 0 saturated carbocycles. The zero-order valence-electron chi connectivity index (χ0n) is 9.26. The van der Waals surface area contributed by atoms with Crippen LogP contribution in [0.5, 0.6) is 5.75 Å². The van der Waals surface area contributed by atoms with Crippen molar-refractivity contribution in [1.29, 1.82) is 0 Å². The first-order valence-corrected chi connectivity index (χ1v) is 5.41. The summed E-state index contributed by atoms with van der Waals surface area (Å²) in [5, 5.41) is 2.60. The summed E-state index contributed by atoms with van der Waals surface area (Å²) in [6, 6.07) is 3.39. The molecule has 4 nitrogen and oxygen atoms in total. The maximum Gasteiger partial charge on any atom is 0.221 e. The highest BCUT2D eigenvalue weighted by atomic mass is 79.9. The lowest BCUT2D eigenvalue weighted by atomic mass is 10.1. The number of benzene rings is 1. The van der Waals surface area contributed by atoms with Gasteiger partial charge in [0.2, 0.25) is 5.91 Å². The molecular formula is C11H12BrNO3. The molecule has 0 atom stereocenters. The Bertz CT molecular complexity index is 443. The molecule has 0 spiro atoms. The Morgan fingerprint density at radius 1 is 1.31 bits per heavy atom. The number of ketones is 1. The number of carbonyl (C=O) groups excluding carboxylic acids is 2. The van der Waals surface area contributed by atoms with Crippen molar-refractivity contribution in [2.45, 2.75) is 13.8 Å². The Balaban J connectivity index is 3.42. The largest absolute Gasteiger partial charge is 0.495 e. The lowest BCUT2D eigenvalue weighted by molar-refractivity contribution is -0.114. The quantitative estimate of drug-likeness (QED) is 0.869. The predicted octanol–water partition coefficient (Wildman–Crippen LogP) is 2.62. The van der Waals surface area contributed by atoms with Gasteiger partial charge in [0.15, 0.2) is 5.78 Å². The van der Waals surface area contributed by atoms with Gasteiger partial charge in [-0.3, -0.25) is 9.59 Å². The molecule has 0 saturated heterocycles. The first-order chi connectivity index (χ1) is 7.47. The molecule has 0 aliphatic heterocycles. The summed E-state index contributed by atoms with van der Waals surface area (Å²) in [5.74, 6) is 0.0667. The first-order valence-electron chi connectivity index (χ1n) is 4.62. The van der Waals surface area contributed by atoms with Crippen LogP contribution in [-0.2, 0) is 4.79 Å². The number of nitrogens with one attached hydrogen (secondary N) is 1. The lowest BCUT2D eigenvalue weighted by Crippen LogP contribution is -2.11. The Morgan fingerprint density at radius 2 is 1.94 bits per heavy atom. The van der Waals surface area contributed by atoms with Crippen molar-refractivity contribution in [2.75, 3.05) is 12.4 Å². The van der Waals surface area contributed by atoms with Gasteiger partial charge in [0.1, 0.15) is 5.75 Å². The number of carbonyl (C=O) groups is 2. The summed E-state index contributed by atoms with van der Waals surface area (Å²) in [4.78, 5) is 22.6. The first kappa shape index (κ1) is 12.7. The minimum absolute atomic E-state index is 0.144. The molecule has 0 radical (unpaired) electrons. The molecule has 1 amide bonds. The Hall–Kier alpha value is -1.36. The zero-order valence-corrected chi connectivity index (χ0v) is 10.8. The summed E-state index contributed by atoms with van der Waals surface area (Å²) >= 11 is 3.27. The van der Waals surface area contributed by atoms with E-state index in [0.29, 0.717) is 21.5 Å². The van der Waals surface area contributed by atoms with E-state index >= 15 is 0 Å². The van der Waals surface area contributed by atoms with Crippen LogP contribution < -0.4 is 10.1 Å². The van der Waals surface area contributed by atoms with Crippen molar-refractivity contribution >= 4 is 33.3 Å². The third-order valence-electron chi connectivity index (χ3n) is 1.99. The summed E-state index contributed by atoms with van der Waals surface area (Å²) in [6.07, 6.45) is 0. The smallest absolute Gasteiger partial charge is 0.221 e. The molecule has 0 heterocycles. The van der Waals surface area contributed by atoms with E-state index in [1.165, 1.54) is 21.0 Å². The summed E-state index contributed by atoms with van der Waals surface area (Å²) in [5.41, 5.74) is 0.812. The molecule has 1 aromatic rings. The second-order valence-corrected chi connectivity index (χ2v) is 4.09. The molecule has 16 heavy (non-hydrogen) atoms. The van der Waals surface area contributed by atoms with Gasteiger partial charge in [0.05, 0.1) is 18.4 Å². The third kappa shape index (κ3) is 2.61. The Morgan fingerprint density at radius 3 is 2.38 bits per heavy atom. The van der Waals surface area contributed by atoms with Crippen molar-refractivity contribution in [1.82, 2.24) is 0 Å². The van der Waals surface area contributed by atoms with E-state index in [0.717, 1.165) is 0 Å². The number of hydrogen-bond acceptors (Lipinski definition) is 3. The van der Waals surface area contributed by atoms with Gasteiger partial charge in [-0.1, -0.05) is 0 Å². The molecule has 1 rings (SSSR count). The average molecular weight is 286 g/mol. The van der Waals surface area contributed by atoms with Gasteiger partial charge in [-0.15, -0.1) is 0 Å². The normalized spacial score (nSPS) is 9.75. The predicted molar refractivity (Wildman–Crippen MR) is 65.0 cm³/mol. The third-order valence-corrected chi connectivity index (χ3v) is 2.65. The van der Waals surface area contributed by atoms with E-state index in [4.69, 9.17) is 4.74 Å². The van der Waals surface area contributed by atoms with Crippen molar-refractivity contribution in [3.63, 3.8) is 0 Å². The van der Waals surface area contributed by atoms with Crippen molar-refractivity contribution in [2.24, 2.45) is 0 Å². The number of rotatable bonds is 3. The van der Waals surface area contributed by atoms with Gasteiger partial charge in [0.25, 0.3) is 0 Å². The number of Topliss-reactive ketones (excluding diaryl/α,β-unsaturated/α-hetero) is 1. The number of amides is 1. The topological polar surface area (TPSA) is 55.4 Å². The molecule has 86 valence electrons. The molecule has 0 fully saturated rings. The molecule has 0 aromatic heterocycles. The van der Waals surface area contributed by atoms with Crippen molar-refractivity contribution in [3.05, 3.63) is 22.2 Å². The van der Waals surface area contributed by atoms with Crippen LogP contribution in [0.2, 0.25) is 0 Å². The van der Waals surface area contributed by atoms with Gasteiger partial charge in [0, 0.05) is 11.4 Å². The average Bonchev–Trinajstić information content (AvgIpc) is 2.16. The monoisotopic (exact) mass is 285 g/mol. The number of halogens is 1. The molecule has 0 aliphatic rings. The standard InChI is InChI=1S/C11H12BrNO3/c1-6(14)10-8(12)4-5-9(16-3)11(10)13-7(2)15/h4-5H,1-3H3,(H,13,15). The van der Waals surface area contributed by atoms with Crippen LogP contribution in [0, 0.1) is 0 Å². The van der Waals surface area contributed by atoms with Crippen molar-refractivity contribution in [3.8, 4) is 5.75 Å². The molecule has 0 aliphatic carbocycles. The van der Waals surface area contributed by atoms with Crippen LogP contribution in [0.25, 0.3) is 0 Å². The second-order valence-electron chi connectivity index (χ2n) is 3.24. The van der Waals surface area contributed by atoms with Crippen LogP contribution in [0.15, 0.2) is 16.6 Å². The van der Waals surface area contributed by atoms with Gasteiger partial charge in [-0.2, -0.15) is 0 Å². The van der Waals surface area contributed by atoms with E-state index in [9.17, 15) is 9.59 Å². The fraction of sp³-hybridized carbons (Fsp3) is 0.273. The number of methoxy groups -OCH3 is 1. The summed E-state index contributed by atoms with van der Waals surface area (Å²) in [6.45, 7) is 2.81. The minimum Gasteiger partial charge on any atom is -0.495 e. The minimum atomic E-state index is -0.251. The number of anilines is 1. The zero-order chi connectivity index (χ0) is 12.3. The number of ether oxygens (including phenoxy) is 1. The Kier molecular flexibility index (Phi) is 4.06. The molecule has 0 unspecified atom stereocenters. The van der Waals surface area contributed by atoms with E-state index in [1.807, 2.05) is 0 Å². The molecule has 1 aromatic carbocycles. The molecule has 0 bridgehead atoms. The van der Waals surface area contributed by atoms with E-state index in [-0.39, 0.29) is 11.7 Å². The van der Waals surface area contributed by atoms with E-state index in [1.54, 1.807) is 12.1 Å². The molecule has 5 heteroatoms. The van der Waals surface area contributed by atoms with Gasteiger partial charge in [-0.05, 0) is 35.0 Å². The highest BCUT2D eigenvalue weighted by Crippen LogP contribution is 2.34. The Labute approximate surface area is 102 Å². The van der Waals surface area contributed by atoms with Crippen LogP contribution in [-0.4, -0.2) is 18.8 Å². The number of hydrogen-bond donors (Lipinski definition) is 1. The fourth-order valence-corrected chi connectivity index (χ4v) is 1.98. The second kappa shape index (κ2) is 5.12. The highest BCUT2D eigenvalue weighted by Gasteiger charge is 2.17. The van der Waals surface area contributed by atoms with Gasteiger partial charge >= 0.3 is 0 Å². The fourth-order valence-electron chi connectivity index (χ4n) is 1.37. The van der Waals surface area contributed by atoms with Gasteiger partial charge < -0.3 is 10.1 Å². The van der Waals surface area contributed by atoms with Crippen LogP contribution >= 0.6 is 15.9 Å². The van der Waals surface area contributed by atoms with Crippen LogP contribution in [0.3, 0.4) is 0 Å². The summed E-state index contributed by atoms with van der Waals surface area (Å²) in [7, 11) is 1.48. The molecular weight excluding hydrogens is 274 g/mol. The van der Waals surface area contributed by atoms with Crippen molar-refractivity contribution < 1.29 is 14.3 Å². The van der Waals surface area contributed by atoms with Crippen LogP contribution in [0.1, 0.15) is 24.2 Å².